The Labute approximate surface area is 158 Å². The van der Waals surface area contributed by atoms with Crippen molar-refractivity contribution in [1.82, 2.24) is 14.9 Å². The quantitative estimate of drug-likeness (QED) is 0.712. The lowest BCUT2D eigenvalue weighted by Crippen LogP contribution is -2.30. The number of hydrogen-bond acceptors (Lipinski definition) is 6. The van der Waals surface area contributed by atoms with Crippen molar-refractivity contribution in [2.45, 2.75) is 57.4 Å². The van der Waals surface area contributed by atoms with Gasteiger partial charge >= 0.3 is 0 Å². The van der Waals surface area contributed by atoms with E-state index in [9.17, 15) is 13.2 Å². The summed E-state index contributed by atoms with van der Waals surface area (Å²) in [5.74, 6) is -0.00545. The Kier molecular flexibility index (Phi) is 6.85. The number of rotatable bonds is 8. The van der Waals surface area contributed by atoms with Crippen molar-refractivity contribution in [2.24, 2.45) is 0 Å². The van der Waals surface area contributed by atoms with E-state index in [-0.39, 0.29) is 16.8 Å². The van der Waals surface area contributed by atoms with Gasteiger partial charge in [-0.15, -0.1) is 10.2 Å². The van der Waals surface area contributed by atoms with Gasteiger partial charge in [-0.25, -0.2) is 13.1 Å². The molecule has 0 fully saturated rings. The summed E-state index contributed by atoms with van der Waals surface area (Å²) >= 11 is 1.37. The van der Waals surface area contributed by atoms with Gasteiger partial charge in [0, 0.05) is 17.5 Å². The molecule has 0 radical (unpaired) electrons. The molecule has 1 heterocycles. The van der Waals surface area contributed by atoms with E-state index in [0.29, 0.717) is 16.6 Å². The Morgan fingerprint density at radius 3 is 2.27 bits per heavy atom. The molecule has 0 saturated carbocycles. The Balaban J connectivity index is 2.09. The smallest absolute Gasteiger partial charge is 0.257 e. The van der Waals surface area contributed by atoms with Crippen LogP contribution in [-0.2, 0) is 10.0 Å². The third kappa shape index (κ3) is 5.09. The molecule has 1 aromatic carbocycles. The molecule has 142 valence electrons. The number of nitrogens with zero attached hydrogens (tertiary/aromatic N) is 2. The van der Waals surface area contributed by atoms with Crippen LogP contribution in [0.1, 0.15) is 61.8 Å². The molecule has 7 nitrogen and oxygen atoms in total. The molecule has 26 heavy (non-hydrogen) atoms. The van der Waals surface area contributed by atoms with Gasteiger partial charge in [-0.1, -0.05) is 25.2 Å². The fourth-order valence-electron chi connectivity index (χ4n) is 2.42. The van der Waals surface area contributed by atoms with Gasteiger partial charge in [0.25, 0.3) is 5.91 Å². The van der Waals surface area contributed by atoms with Crippen LogP contribution in [-0.4, -0.2) is 30.6 Å². The Hall–Kier alpha value is -1.84. The fraction of sp³-hybridized carbons (Fsp3) is 0.471. The lowest BCUT2D eigenvalue weighted by atomic mass is 10.1. The first kappa shape index (κ1) is 20.5. The molecule has 0 atom stereocenters. The lowest BCUT2D eigenvalue weighted by Gasteiger charge is -2.10. The predicted octanol–water partition coefficient (Wildman–Crippen LogP) is 3.38. The maximum Gasteiger partial charge on any atom is 0.257 e. The van der Waals surface area contributed by atoms with Crippen LogP contribution in [0.5, 0.6) is 0 Å². The van der Waals surface area contributed by atoms with Gasteiger partial charge in [-0.2, -0.15) is 0 Å². The van der Waals surface area contributed by atoms with Crippen molar-refractivity contribution >= 4 is 32.4 Å². The number of anilines is 1. The van der Waals surface area contributed by atoms with E-state index in [1.54, 1.807) is 13.8 Å². The summed E-state index contributed by atoms with van der Waals surface area (Å²) in [4.78, 5) is 12.5. The second-order valence-electron chi connectivity index (χ2n) is 6.21. The van der Waals surface area contributed by atoms with Gasteiger partial charge in [0.2, 0.25) is 15.2 Å². The lowest BCUT2D eigenvalue weighted by molar-refractivity contribution is 0.102. The summed E-state index contributed by atoms with van der Waals surface area (Å²) < 4.78 is 26.7. The molecule has 0 aliphatic heterocycles. The Bertz CT molecular complexity index is 841. The van der Waals surface area contributed by atoms with Crippen molar-refractivity contribution in [1.29, 1.82) is 0 Å². The zero-order valence-corrected chi connectivity index (χ0v) is 16.9. The molecule has 2 aromatic rings. The van der Waals surface area contributed by atoms with Crippen LogP contribution in [0.15, 0.2) is 29.2 Å². The largest absolute Gasteiger partial charge is 0.296 e. The standard InChI is InChI=1S/C17H24N4O3S2/c1-5-12(6-2)16-19-20-17(25-16)18-15(22)13-7-9-14(10-8-13)26(23,24)21-11(3)4/h7-12,21H,5-6H2,1-4H3,(H,18,20,22). The maximum atomic E-state index is 12.3. The summed E-state index contributed by atoms with van der Waals surface area (Å²) in [5.41, 5.74) is 0.354. The number of carbonyl (C=O) groups excluding carboxylic acids is 1. The highest BCUT2D eigenvalue weighted by molar-refractivity contribution is 7.89. The van der Waals surface area contributed by atoms with Crippen LogP contribution < -0.4 is 10.0 Å². The molecule has 1 aromatic heterocycles. The minimum atomic E-state index is -3.57. The van der Waals surface area contributed by atoms with Gasteiger partial charge in [-0.3, -0.25) is 10.1 Å². The molecule has 2 N–H and O–H groups in total. The van der Waals surface area contributed by atoms with Crippen molar-refractivity contribution in [3.05, 3.63) is 34.8 Å². The minimum Gasteiger partial charge on any atom is -0.296 e. The van der Waals surface area contributed by atoms with Crippen LogP contribution in [0.3, 0.4) is 0 Å². The number of aromatic nitrogens is 2. The monoisotopic (exact) mass is 396 g/mol. The first-order valence-corrected chi connectivity index (χ1v) is 10.8. The van der Waals surface area contributed by atoms with Crippen LogP contribution >= 0.6 is 11.3 Å². The van der Waals surface area contributed by atoms with E-state index < -0.39 is 10.0 Å². The summed E-state index contributed by atoms with van der Waals surface area (Å²) in [7, 11) is -3.57. The molecular weight excluding hydrogens is 372 g/mol. The highest BCUT2D eigenvalue weighted by atomic mass is 32.2. The van der Waals surface area contributed by atoms with E-state index in [2.05, 4.69) is 34.1 Å². The van der Waals surface area contributed by atoms with Gasteiger partial charge in [0.05, 0.1) is 4.90 Å². The van der Waals surface area contributed by atoms with Crippen molar-refractivity contribution < 1.29 is 13.2 Å². The number of sulfonamides is 1. The summed E-state index contributed by atoms with van der Waals surface area (Å²) in [6, 6.07) is 5.58. The first-order valence-electron chi connectivity index (χ1n) is 8.54. The predicted molar refractivity (Wildman–Crippen MR) is 103 cm³/mol. The number of benzene rings is 1. The molecule has 2 rings (SSSR count). The fourth-order valence-corrected chi connectivity index (χ4v) is 4.68. The van der Waals surface area contributed by atoms with Gasteiger partial charge in [0.15, 0.2) is 0 Å². The number of hydrogen-bond donors (Lipinski definition) is 2. The van der Waals surface area contributed by atoms with Crippen LogP contribution in [0.2, 0.25) is 0 Å². The van der Waals surface area contributed by atoms with Crippen molar-refractivity contribution in [3.8, 4) is 0 Å². The highest BCUT2D eigenvalue weighted by Gasteiger charge is 2.18. The molecule has 0 aliphatic rings. The molecule has 0 bridgehead atoms. The number of nitrogens with one attached hydrogen (secondary N) is 2. The van der Waals surface area contributed by atoms with E-state index in [1.165, 1.54) is 35.6 Å². The van der Waals surface area contributed by atoms with Gasteiger partial charge in [0.1, 0.15) is 5.01 Å². The molecule has 0 saturated heterocycles. The van der Waals surface area contributed by atoms with Crippen molar-refractivity contribution in [2.75, 3.05) is 5.32 Å². The highest BCUT2D eigenvalue weighted by Crippen LogP contribution is 2.28. The molecule has 1 amide bonds. The third-order valence-electron chi connectivity index (χ3n) is 3.81. The van der Waals surface area contributed by atoms with E-state index in [0.717, 1.165) is 17.8 Å². The van der Waals surface area contributed by atoms with Crippen LogP contribution in [0.4, 0.5) is 5.13 Å². The zero-order valence-electron chi connectivity index (χ0n) is 15.3. The topological polar surface area (TPSA) is 101 Å². The van der Waals surface area contributed by atoms with Gasteiger partial charge in [-0.05, 0) is 51.0 Å². The summed E-state index contributed by atoms with van der Waals surface area (Å²) in [6.45, 7) is 7.68. The molecule has 0 spiro atoms. The summed E-state index contributed by atoms with van der Waals surface area (Å²) in [6.07, 6.45) is 1.94. The van der Waals surface area contributed by atoms with Crippen molar-refractivity contribution in [3.63, 3.8) is 0 Å². The average molecular weight is 397 g/mol. The summed E-state index contributed by atoms with van der Waals surface area (Å²) in [5, 5.41) is 12.2. The zero-order chi connectivity index (χ0) is 19.3. The second kappa shape index (κ2) is 8.70. The molecule has 9 heteroatoms. The Morgan fingerprint density at radius 1 is 1.12 bits per heavy atom. The normalized spacial score (nSPS) is 11.9. The van der Waals surface area contributed by atoms with E-state index in [4.69, 9.17) is 0 Å². The SMILES string of the molecule is CCC(CC)c1nnc(NC(=O)c2ccc(S(=O)(=O)NC(C)C)cc2)s1. The molecule has 0 unspecified atom stereocenters. The average Bonchev–Trinajstić information content (AvgIpc) is 3.03. The molecular formula is C17H24N4O3S2. The molecule has 0 aliphatic carbocycles. The van der Waals surface area contributed by atoms with E-state index in [1.807, 2.05) is 0 Å². The van der Waals surface area contributed by atoms with Gasteiger partial charge < -0.3 is 0 Å². The minimum absolute atomic E-state index is 0.120. The second-order valence-corrected chi connectivity index (χ2v) is 8.94. The maximum absolute atomic E-state index is 12.3. The number of amides is 1. The van der Waals surface area contributed by atoms with E-state index >= 15 is 0 Å². The first-order chi connectivity index (χ1) is 12.3. The Morgan fingerprint density at radius 2 is 1.73 bits per heavy atom. The van der Waals surface area contributed by atoms with Crippen LogP contribution in [0.25, 0.3) is 0 Å². The third-order valence-corrected chi connectivity index (χ3v) is 6.49. The number of carbonyl (C=O) groups is 1. The van der Waals surface area contributed by atoms with Crippen LogP contribution in [0, 0.1) is 0 Å².